The van der Waals surface area contributed by atoms with Gasteiger partial charge in [0.05, 0.1) is 6.61 Å². The number of hydrogen-bond donors (Lipinski definition) is 2. The van der Waals surface area contributed by atoms with Crippen molar-refractivity contribution in [3.8, 4) is 0 Å². The van der Waals surface area contributed by atoms with Gasteiger partial charge in [-0.3, -0.25) is 9.78 Å². The monoisotopic (exact) mass is 224 g/mol. The molecule has 0 saturated carbocycles. The van der Waals surface area contributed by atoms with Crippen molar-refractivity contribution in [2.75, 3.05) is 6.61 Å². The third-order valence-corrected chi connectivity index (χ3v) is 2.27. The van der Waals surface area contributed by atoms with Crippen LogP contribution in [0.2, 0.25) is 0 Å². The Morgan fingerprint density at radius 1 is 1.69 bits per heavy atom. The van der Waals surface area contributed by atoms with Crippen LogP contribution in [0.3, 0.4) is 0 Å². The maximum atomic E-state index is 11.3. The van der Waals surface area contributed by atoms with Gasteiger partial charge in [0.1, 0.15) is 12.1 Å². The van der Waals surface area contributed by atoms with Gasteiger partial charge < -0.3 is 15.6 Å². The smallest absolute Gasteiger partial charge is 0.325 e. The molecule has 0 fully saturated rings. The van der Waals surface area contributed by atoms with Crippen LogP contribution in [-0.2, 0) is 9.53 Å². The van der Waals surface area contributed by atoms with Crippen LogP contribution in [0.1, 0.15) is 24.3 Å². The zero-order chi connectivity index (χ0) is 12.1. The number of carbonyl (C=O) groups excluding carboxylic acids is 1. The van der Waals surface area contributed by atoms with Crippen LogP contribution in [0.15, 0.2) is 18.3 Å². The lowest BCUT2D eigenvalue weighted by molar-refractivity contribution is -0.147. The van der Waals surface area contributed by atoms with E-state index in [1.807, 2.05) is 0 Å². The average Bonchev–Trinajstić information content (AvgIpc) is 2.28. The van der Waals surface area contributed by atoms with E-state index in [2.05, 4.69) is 4.98 Å². The third-order valence-electron chi connectivity index (χ3n) is 2.27. The zero-order valence-electron chi connectivity index (χ0n) is 9.38. The molecule has 1 rings (SSSR count). The fourth-order valence-corrected chi connectivity index (χ4v) is 1.37. The molecule has 0 aromatic carbocycles. The highest BCUT2D eigenvalue weighted by Crippen LogP contribution is 2.18. The number of esters is 1. The fourth-order valence-electron chi connectivity index (χ4n) is 1.37. The van der Waals surface area contributed by atoms with E-state index >= 15 is 0 Å². The Hall–Kier alpha value is -1.46. The van der Waals surface area contributed by atoms with Crippen molar-refractivity contribution in [3.63, 3.8) is 0 Å². The number of rotatable bonds is 4. The van der Waals surface area contributed by atoms with Gasteiger partial charge in [0.15, 0.2) is 0 Å². The first-order chi connectivity index (χ1) is 7.57. The van der Waals surface area contributed by atoms with Crippen molar-refractivity contribution in [2.45, 2.75) is 26.0 Å². The first-order valence-corrected chi connectivity index (χ1v) is 5.09. The zero-order valence-corrected chi connectivity index (χ0v) is 9.38. The lowest BCUT2D eigenvalue weighted by Gasteiger charge is -2.18. The third kappa shape index (κ3) is 2.77. The summed E-state index contributed by atoms with van der Waals surface area (Å²) < 4.78 is 4.74. The van der Waals surface area contributed by atoms with Crippen molar-refractivity contribution in [1.82, 2.24) is 4.98 Å². The number of nitrogens with zero attached hydrogens (tertiary/aromatic N) is 1. The molecule has 1 aromatic heterocycles. The maximum absolute atomic E-state index is 11.3. The number of aryl methyl sites for hydroxylation is 1. The summed E-state index contributed by atoms with van der Waals surface area (Å²) in [7, 11) is 0. The molecule has 0 aliphatic carbocycles. The van der Waals surface area contributed by atoms with E-state index in [4.69, 9.17) is 10.5 Å². The summed E-state index contributed by atoms with van der Waals surface area (Å²) in [5.41, 5.74) is 6.79. The van der Waals surface area contributed by atoms with Crippen LogP contribution in [-0.4, -0.2) is 28.7 Å². The highest BCUT2D eigenvalue weighted by molar-refractivity contribution is 5.76. The molecule has 1 aromatic rings. The van der Waals surface area contributed by atoms with Crippen molar-refractivity contribution < 1.29 is 14.6 Å². The first-order valence-electron chi connectivity index (χ1n) is 5.09. The molecule has 0 aliphatic heterocycles. The summed E-state index contributed by atoms with van der Waals surface area (Å²) in [5.74, 6) is -0.613. The number of carbonyl (C=O) groups is 1. The lowest BCUT2D eigenvalue weighted by atomic mass is 10.0. The number of aromatic nitrogens is 1. The van der Waals surface area contributed by atoms with E-state index in [1.165, 1.54) is 0 Å². The van der Waals surface area contributed by atoms with Gasteiger partial charge in [0.2, 0.25) is 0 Å². The second-order valence-corrected chi connectivity index (χ2v) is 3.40. The molecule has 0 aliphatic rings. The fraction of sp³-hybridized carbons (Fsp3) is 0.455. The van der Waals surface area contributed by atoms with Gasteiger partial charge in [-0.25, -0.2) is 0 Å². The molecular formula is C11H16N2O3. The molecule has 1 heterocycles. The van der Waals surface area contributed by atoms with Crippen molar-refractivity contribution in [3.05, 3.63) is 29.6 Å². The second-order valence-electron chi connectivity index (χ2n) is 3.40. The Bertz CT molecular complexity index is 368. The Kier molecular flexibility index (Phi) is 4.39. The highest BCUT2D eigenvalue weighted by Gasteiger charge is 2.26. The molecule has 0 radical (unpaired) electrons. The minimum absolute atomic E-state index is 0.241. The molecule has 5 heteroatoms. The summed E-state index contributed by atoms with van der Waals surface area (Å²) in [4.78, 5) is 15.4. The van der Waals surface area contributed by atoms with Gasteiger partial charge in [0, 0.05) is 17.5 Å². The number of ether oxygens (including phenoxy) is 1. The van der Waals surface area contributed by atoms with Gasteiger partial charge in [-0.15, -0.1) is 0 Å². The summed E-state index contributed by atoms with van der Waals surface area (Å²) in [6.45, 7) is 3.67. The van der Waals surface area contributed by atoms with E-state index in [1.54, 1.807) is 32.2 Å². The molecule has 5 nitrogen and oxygen atoms in total. The van der Waals surface area contributed by atoms with Gasteiger partial charge in [0.25, 0.3) is 0 Å². The molecule has 0 spiro atoms. The molecule has 0 amide bonds. The number of nitrogens with two attached hydrogens (primary N) is 1. The highest BCUT2D eigenvalue weighted by atomic mass is 16.5. The number of hydrogen-bond acceptors (Lipinski definition) is 5. The van der Waals surface area contributed by atoms with Gasteiger partial charge in [-0.05, 0) is 19.9 Å². The molecule has 0 unspecified atom stereocenters. The van der Waals surface area contributed by atoms with E-state index in [9.17, 15) is 9.90 Å². The Morgan fingerprint density at radius 2 is 2.38 bits per heavy atom. The van der Waals surface area contributed by atoms with Crippen LogP contribution in [0, 0.1) is 6.92 Å². The standard InChI is InChI=1S/C11H16N2O3/c1-3-16-11(15)9(12)10(14)8-5-4-6-13-7(8)2/h4-6,9-10,14H,3,12H2,1-2H3/t9-,10-/m0/s1. The minimum atomic E-state index is -1.09. The van der Waals surface area contributed by atoms with Crippen molar-refractivity contribution in [1.29, 1.82) is 0 Å². The summed E-state index contributed by atoms with van der Waals surface area (Å²) in [6, 6.07) is 2.29. The van der Waals surface area contributed by atoms with E-state index in [0.29, 0.717) is 11.3 Å². The molecule has 16 heavy (non-hydrogen) atoms. The number of aliphatic hydroxyl groups excluding tert-OH is 1. The van der Waals surface area contributed by atoms with Crippen LogP contribution >= 0.6 is 0 Å². The number of aliphatic hydroxyl groups is 1. The lowest BCUT2D eigenvalue weighted by Crippen LogP contribution is -2.38. The topological polar surface area (TPSA) is 85.4 Å². The van der Waals surface area contributed by atoms with Crippen LogP contribution in [0.5, 0.6) is 0 Å². The summed E-state index contributed by atoms with van der Waals surface area (Å²) >= 11 is 0. The van der Waals surface area contributed by atoms with Crippen LogP contribution < -0.4 is 5.73 Å². The quantitative estimate of drug-likeness (QED) is 0.719. The SMILES string of the molecule is CCOC(=O)[C@@H](N)[C@@H](O)c1cccnc1C. The first kappa shape index (κ1) is 12.6. The van der Waals surface area contributed by atoms with E-state index in [0.717, 1.165) is 0 Å². The maximum Gasteiger partial charge on any atom is 0.325 e. The molecular weight excluding hydrogens is 208 g/mol. The van der Waals surface area contributed by atoms with E-state index < -0.39 is 18.1 Å². The number of pyridine rings is 1. The second kappa shape index (κ2) is 5.58. The molecule has 88 valence electrons. The molecule has 0 saturated heterocycles. The minimum Gasteiger partial charge on any atom is -0.465 e. The van der Waals surface area contributed by atoms with Crippen LogP contribution in [0.4, 0.5) is 0 Å². The average molecular weight is 224 g/mol. The van der Waals surface area contributed by atoms with Crippen molar-refractivity contribution >= 4 is 5.97 Å². The van der Waals surface area contributed by atoms with Gasteiger partial charge in [-0.1, -0.05) is 6.07 Å². The predicted molar refractivity (Wildman–Crippen MR) is 58.5 cm³/mol. The van der Waals surface area contributed by atoms with Crippen molar-refractivity contribution in [2.24, 2.45) is 5.73 Å². The predicted octanol–water partition coefficient (Wildman–Crippen LogP) is 0.314. The molecule has 2 atom stereocenters. The molecule has 0 bridgehead atoms. The Labute approximate surface area is 94.2 Å². The van der Waals surface area contributed by atoms with E-state index in [-0.39, 0.29) is 6.61 Å². The summed E-state index contributed by atoms with van der Waals surface area (Å²) in [5, 5.41) is 9.90. The van der Waals surface area contributed by atoms with Crippen LogP contribution in [0.25, 0.3) is 0 Å². The van der Waals surface area contributed by atoms with Gasteiger partial charge in [-0.2, -0.15) is 0 Å². The summed E-state index contributed by atoms with van der Waals surface area (Å²) in [6.07, 6.45) is 0.522. The van der Waals surface area contributed by atoms with Gasteiger partial charge >= 0.3 is 5.97 Å². The Morgan fingerprint density at radius 3 is 2.94 bits per heavy atom. The largest absolute Gasteiger partial charge is 0.465 e. The normalized spacial score (nSPS) is 14.2. The molecule has 3 N–H and O–H groups in total. The Balaban J connectivity index is 2.82.